The van der Waals surface area contributed by atoms with Crippen molar-refractivity contribution in [3.05, 3.63) is 78.9 Å². The maximum Gasteiger partial charge on any atom is 0.163 e. The molecule has 326 valence electrons. The van der Waals surface area contributed by atoms with Crippen molar-refractivity contribution in [1.82, 2.24) is 29.1 Å². The lowest BCUT2D eigenvalue weighted by Gasteiger charge is -2.23. The molecule has 63 heavy (non-hydrogen) atoms. The Bertz CT molecular complexity index is 2920. The quantitative estimate of drug-likeness (QED) is 0.0914. The molecule has 0 radical (unpaired) electrons. The van der Waals surface area contributed by atoms with Crippen LogP contribution < -0.4 is 10.6 Å². The molecule has 0 saturated heterocycles. The minimum absolute atomic E-state index is 0.000934. The highest BCUT2D eigenvalue weighted by atomic mass is 35.5. The van der Waals surface area contributed by atoms with E-state index >= 15 is 0 Å². The van der Waals surface area contributed by atoms with Crippen molar-refractivity contribution in [3.63, 3.8) is 0 Å². The van der Waals surface area contributed by atoms with Gasteiger partial charge in [0.2, 0.25) is 0 Å². The Labute approximate surface area is 380 Å². The lowest BCUT2D eigenvalue weighted by Crippen LogP contribution is -2.37. The first kappa shape index (κ1) is 43.4. The van der Waals surface area contributed by atoms with Crippen LogP contribution in [0.2, 0.25) is 8.67 Å². The fourth-order valence-corrected chi connectivity index (χ4v) is 11.8. The Morgan fingerprint density at radius 3 is 1.57 bits per heavy atom. The second kappa shape index (κ2) is 16.6. The van der Waals surface area contributed by atoms with Gasteiger partial charge in [0, 0.05) is 26.4 Å². The number of halogens is 2. The van der Waals surface area contributed by atoms with Crippen molar-refractivity contribution in [2.75, 3.05) is 24.2 Å². The maximum atomic E-state index is 12.6. The van der Waals surface area contributed by atoms with Gasteiger partial charge in [0.05, 0.1) is 77.6 Å². The monoisotopic (exact) mass is 926 g/mol. The summed E-state index contributed by atoms with van der Waals surface area (Å²) in [6.07, 6.45) is 0.800. The van der Waals surface area contributed by atoms with E-state index in [1.807, 2.05) is 31.2 Å². The van der Waals surface area contributed by atoms with Gasteiger partial charge in [-0.3, -0.25) is 9.59 Å². The molecule has 0 aliphatic heterocycles. The number of imidazole rings is 2. The van der Waals surface area contributed by atoms with Crippen LogP contribution in [0.1, 0.15) is 79.7 Å². The number of ketones is 2. The molecule has 0 bridgehead atoms. The predicted molar refractivity (Wildman–Crippen MR) is 243 cm³/mol. The Hall–Kier alpha value is -4.88. The van der Waals surface area contributed by atoms with Crippen LogP contribution in [0.5, 0.6) is 0 Å². The molecule has 6 aromatic heterocycles. The molecule has 0 aromatic carbocycles. The molecular formula is C45H44Cl2N8O6S2. The smallest absolute Gasteiger partial charge is 0.163 e. The molecule has 10 atom stereocenters. The summed E-state index contributed by atoms with van der Waals surface area (Å²) in [6.45, 7) is 6.27. The van der Waals surface area contributed by atoms with Crippen LogP contribution in [0.25, 0.3) is 22.3 Å². The lowest BCUT2D eigenvalue weighted by atomic mass is 9.92. The number of carbonyl (C=O) groups is 2. The van der Waals surface area contributed by atoms with Crippen LogP contribution in [-0.4, -0.2) is 99.1 Å². The van der Waals surface area contributed by atoms with E-state index in [1.54, 1.807) is 54.8 Å². The number of aromatic nitrogens is 6. The van der Waals surface area contributed by atoms with E-state index in [9.17, 15) is 30.0 Å². The van der Waals surface area contributed by atoms with E-state index in [0.29, 0.717) is 74.6 Å². The van der Waals surface area contributed by atoms with Crippen LogP contribution in [-0.2, 0) is 9.59 Å². The highest BCUT2D eigenvalue weighted by Crippen LogP contribution is 2.69. The third kappa shape index (κ3) is 7.12. The largest absolute Gasteiger partial charge is 0.389 e. The van der Waals surface area contributed by atoms with E-state index in [0.717, 1.165) is 21.1 Å². The first-order chi connectivity index (χ1) is 30.3. The first-order valence-corrected chi connectivity index (χ1v) is 23.2. The SMILES string of the molecule is CCC(=O)[C@@]12C[C@@H]1[C@@H](n1cnc3c(NC)cc(C#Cc4ccc(Cl)s4)nc31)C(O)[C@H]2O.CCNc1cc(C#Cc2ccc(Cl)s2)nc2c1ncn2[C@H]1C(O)[C@@H](O)[C@]2(C(=O)CC)C[C@H]12. The van der Waals surface area contributed by atoms with Crippen molar-refractivity contribution < 1.29 is 30.0 Å². The standard InChI is InChI=1S/C23H23ClN4O3S.C22H21ClN4O3S/c1-3-16(29)23-10-14(23)19(20(30)21(23)31)28-11-26-18-15(25-4-2)9-12(27-22(18)28)5-6-13-7-8-17(24)32-13;1-3-15(28)22-9-13(22)18(19(29)20(22)30)27-10-25-17-14(24-2)8-11(26-21(17)27)4-5-12-6-7-16(23)31-12/h7-9,11,14,19-21,30-31H,3-4,10H2,1-2H3,(H,25,27);6-8,10,13,18-20,29-30H,3,9H2,1-2H3,(H,24,26)/t14-,19-,20?,21-,23-;13-,18-,19?,20-,22-/m11/s1. The summed E-state index contributed by atoms with van der Waals surface area (Å²) in [7, 11) is 1.80. The predicted octanol–water partition coefficient (Wildman–Crippen LogP) is 6.09. The Balaban J connectivity index is 0.000000160. The van der Waals surface area contributed by atoms with E-state index in [-0.39, 0.29) is 23.4 Å². The van der Waals surface area contributed by atoms with Gasteiger partial charge >= 0.3 is 0 Å². The van der Waals surface area contributed by atoms with Gasteiger partial charge in [0.1, 0.15) is 46.2 Å². The van der Waals surface area contributed by atoms with Crippen molar-refractivity contribution in [2.24, 2.45) is 22.7 Å². The molecule has 6 aromatic rings. The number of aliphatic hydroxyl groups excluding tert-OH is 4. The molecule has 6 N–H and O–H groups in total. The number of pyridine rings is 2. The van der Waals surface area contributed by atoms with E-state index < -0.39 is 47.3 Å². The Morgan fingerprint density at radius 1 is 0.730 bits per heavy atom. The van der Waals surface area contributed by atoms with Gasteiger partial charge in [-0.15, -0.1) is 22.7 Å². The Kier molecular flexibility index (Phi) is 11.4. The number of thiophene rings is 2. The highest BCUT2D eigenvalue weighted by Gasteiger charge is 2.75. The number of rotatable bonds is 9. The number of aliphatic hydroxyl groups is 4. The number of nitrogens with zero attached hydrogens (tertiary/aromatic N) is 6. The summed E-state index contributed by atoms with van der Waals surface area (Å²) in [5.41, 5.74) is 3.39. The number of hydrogen-bond donors (Lipinski definition) is 6. The zero-order valence-corrected chi connectivity index (χ0v) is 37.8. The number of Topliss-reactive ketones (excluding diaryl/α,β-unsaturated/α-hetero) is 2. The molecule has 6 heterocycles. The molecule has 2 unspecified atom stereocenters. The second-order valence-electron chi connectivity index (χ2n) is 16.4. The van der Waals surface area contributed by atoms with Gasteiger partial charge in [-0.2, -0.15) is 0 Å². The van der Waals surface area contributed by atoms with Gasteiger partial charge in [-0.1, -0.05) is 37.0 Å². The molecule has 4 fully saturated rings. The van der Waals surface area contributed by atoms with Crippen LogP contribution >= 0.6 is 45.9 Å². The van der Waals surface area contributed by atoms with Crippen molar-refractivity contribution >= 4 is 91.1 Å². The summed E-state index contributed by atoms with van der Waals surface area (Å²) < 4.78 is 4.94. The molecule has 4 aliphatic rings. The zero-order chi connectivity index (χ0) is 44.5. The maximum absolute atomic E-state index is 12.6. The molecule has 14 nitrogen and oxygen atoms in total. The first-order valence-electron chi connectivity index (χ1n) is 20.8. The summed E-state index contributed by atoms with van der Waals surface area (Å²) in [5, 5.41) is 49.5. The summed E-state index contributed by atoms with van der Waals surface area (Å²) in [5.74, 6) is 12.1. The third-order valence-corrected chi connectivity index (χ3v) is 15.4. The molecule has 0 spiro atoms. The normalized spacial score (nSPS) is 28.5. The average Bonchev–Trinajstić information content (AvgIpc) is 3.66. The van der Waals surface area contributed by atoms with Gasteiger partial charge in [0.15, 0.2) is 11.3 Å². The molecular weight excluding hydrogens is 884 g/mol. The van der Waals surface area contributed by atoms with Crippen LogP contribution in [0, 0.1) is 46.3 Å². The average molecular weight is 928 g/mol. The van der Waals surface area contributed by atoms with Crippen molar-refractivity contribution in [1.29, 1.82) is 0 Å². The molecule has 0 amide bonds. The summed E-state index contributed by atoms with van der Waals surface area (Å²) >= 11 is 14.8. The molecule has 4 aliphatic carbocycles. The zero-order valence-electron chi connectivity index (χ0n) is 34.6. The van der Waals surface area contributed by atoms with Gasteiger partial charge < -0.3 is 40.2 Å². The number of nitrogens with one attached hydrogen (secondary N) is 2. The minimum atomic E-state index is -1.08. The summed E-state index contributed by atoms with van der Waals surface area (Å²) in [6, 6.07) is 10.1. The van der Waals surface area contributed by atoms with Crippen LogP contribution in [0.15, 0.2) is 49.1 Å². The van der Waals surface area contributed by atoms with Crippen LogP contribution in [0.3, 0.4) is 0 Å². The topological polar surface area (TPSA) is 201 Å². The van der Waals surface area contributed by atoms with Crippen molar-refractivity contribution in [2.45, 2.75) is 83.0 Å². The Morgan fingerprint density at radius 2 is 1.17 bits per heavy atom. The fourth-order valence-electron chi connectivity index (χ4n) is 10.1. The number of fused-ring (bicyclic) bond motifs is 4. The van der Waals surface area contributed by atoms with E-state index in [1.165, 1.54) is 22.7 Å². The fraction of sp³-hybridized carbons (Fsp3) is 0.422. The van der Waals surface area contributed by atoms with Gasteiger partial charge in [0.25, 0.3) is 0 Å². The number of hydrogen-bond acceptors (Lipinski definition) is 14. The van der Waals surface area contributed by atoms with Gasteiger partial charge in [-0.05, 0) is 91.7 Å². The van der Waals surface area contributed by atoms with Gasteiger partial charge in [-0.25, -0.2) is 19.9 Å². The number of anilines is 2. The van der Waals surface area contributed by atoms with Crippen LogP contribution in [0.4, 0.5) is 11.4 Å². The minimum Gasteiger partial charge on any atom is -0.389 e. The number of carbonyl (C=O) groups excluding carboxylic acids is 2. The van der Waals surface area contributed by atoms with E-state index in [2.05, 4.69) is 44.3 Å². The molecule has 4 saturated carbocycles. The lowest BCUT2D eigenvalue weighted by molar-refractivity contribution is -0.130. The summed E-state index contributed by atoms with van der Waals surface area (Å²) in [4.78, 5) is 45.2. The second-order valence-corrected chi connectivity index (χ2v) is 19.8. The molecule has 10 rings (SSSR count). The third-order valence-electron chi connectivity index (χ3n) is 13.1. The molecule has 18 heteroatoms. The van der Waals surface area contributed by atoms with E-state index in [4.69, 9.17) is 33.2 Å². The van der Waals surface area contributed by atoms with Crippen molar-refractivity contribution in [3.8, 4) is 23.7 Å². The highest BCUT2D eigenvalue weighted by molar-refractivity contribution is 7.17.